The average molecular weight is 1160 g/mol. The molecule has 0 bridgehead atoms. The number of quaternary nitrogens is 1. The number of carbonyl (C=O) groups excluding carboxylic acids is 1. The Morgan fingerprint density at radius 1 is 0.432 bits per heavy atom. The molecule has 0 aromatic heterocycles. The largest absolute Gasteiger partial charge is 0.756 e. The highest BCUT2D eigenvalue weighted by Crippen LogP contribution is 2.38. The minimum absolute atomic E-state index is 0.0141. The van der Waals surface area contributed by atoms with E-state index in [-0.39, 0.29) is 19.1 Å². The molecule has 2 N–H and O–H groups in total. The van der Waals surface area contributed by atoms with Gasteiger partial charge in [0, 0.05) is 6.42 Å². The number of phosphoric acid groups is 1. The van der Waals surface area contributed by atoms with Crippen LogP contribution in [0.1, 0.15) is 367 Å². The summed E-state index contributed by atoms with van der Waals surface area (Å²) in [7, 11) is 1.32. The van der Waals surface area contributed by atoms with E-state index in [0.717, 1.165) is 51.4 Å². The van der Waals surface area contributed by atoms with Gasteiger partial charge in [0.1, 0.15) is 13.2 Å². The van der Waals surface area contributed by atoms with Crippen molar-refractivity contribution in [1.29, 1.82) is 0 Å². The summed E-state index contributed by atoms with van der Waals surface area (Å²) in [6.07, 6.45) is 83.7. The molecule has 3 unspecified atom stereocenters. The van der Waals surface area contributed by atoms with E-state index in [0.29, 0.717) is 23.9 Å². The highest BCUT2D eigenvalue weighted by atomic mass is 31.2. The average Bonchev–Trinajstić information content (AvgIpc) is 3.43. The number of phosphoric ester groups is 1. The first-order valence-electron chi connectivity index (χ1n) is 35.8. The molecule has 9 heteroatoms. The van der Waals surface area contributed by atoms with E-state index in [1.54, 1.807) is 0 Å². The minimum Gasteiger partial charge on any atom is -0.756 e. The van der Waals surface area contributed by atoms with E-state index in [1.165, 1.54) is 289 Å². The molecule has 0 saturated heterocycles. The summed E-state index contributed by atoms with van der Waals surface area (Å²) in [6, 6.07) is -0.801. The number of likely N-dealkylation sites (N-methyl/N-ethyl adjacent to an activating group) is 1. The SMILES string of the molecule is CCCCCCC/C=C\C/C=C\C/C=C\CCCCCCCCCCCCCCCCCCCCC(=O)NC(COP(=O)([O-])OCC[N+](C)(C)C)C(O)CCCCCCCCCCCCCCCCCCCCCCCCCCCC. The standard InChI is InChI=1S/C72H141N2O6P/c1-6-8-10-12-14-16-18-20-22-24-26-28-30-32-34-35-36-37-38-39-40-42-44-46-48-50-52-54-56-58-60-62-64-66-72(76)73-70(69-80-81(77,78)79-68-67-74(3,4)5)71(75)65-63-61-59-57-55-53-51-49-47-45-43-41-33-31-29-27-25-23-21-19-17-15-13-11-9-7-2/h18,20,24,26,30,32,70-71,75H,6-17,19,21-23,25,27-29,31,33-69H2,1-5H3,(H-,73,76,77,78)/b20-18-,26-24-,32-30-. The van der Waals surface area contributed by atoms with Crippen LogP contribution in [0.5, 0.6) is 0 Å². The molecule has 0 aliphatic heterocycles. The van der Waals surface area contributed by atoms with Crippen molar-refractivity contribution in [1.82, 2.24) is 5.32 Å². The van der Waals surface area contributed by atoms with E-state index >= 15 is 0 Å². The van der Waals surface area contributed by atoms with Crippen LogP contribution in [0.15, 0.2) is 36.5 Å². The molecule has 0 spiro atoms. The summed E-state index contributed by atoms with van der Waals surface area (Å²) in [6.45, 7) is 4.77. The van der Waals surface area contributed by atoms with E-state index in [1.807, 2.05) is 21.1 Å². The molecular formula is C72H141N2O6P. The van der Waals surface area contributed by atoms with E-state index in [4.69, 9.17) is 9.05 Å². The number of hydrogen-bond acceptors (Lipinski definition) is 6. The Morgan fingerprint density at radius 2 is 0.716 bits per heavy atom. The number of aliphatic hydroxyl groups is 1. The highest BCUT2D eigenvalue weighted by molar-refractivity contribution is 7.45. The number of unbranched alkanes of at least 4 members (excludes halogenated alkanes) is 48. The molecule has 0 aromatic carbocycles. The summed E-state index contributed by atoms with van der Waals surface area (Å²) >= 11 is 0. The third-order valence-electron chi connectivity index (χ3n) is 16.6. The number of nitrogens with one attached hydrogen (secondary N) is 1. The minimum atomic E-state index is -4.58. The molecule has 81 heavy (non-hydrogen) atoms. The Hall–Kier alpha value is -1.28. The second-order valence-electron chi connectivity index (χ2n) is 26.0. The fourth-order valence-electron chi connectivity index (χ4n) is 11.1. The zero-order chi connectivity index (χ0) is 59.1. The Labute approximate surface area is 506 Å². The van der Waals surface area contributed by atoms with Gasteiger partial charge in [-0.15, -0.1) is 0 Å². The Kier molecular flexibility index (Phi) is 62.2. The predicted octanol–water partition coefficient (Wildman–Crippen LogP) is 22.2. The van der Waals surface area contributed by atoms with Gasteiger partial charge < -0.3 is 28.8 Å². The van der Waals surface area contributed by atoms with Gasteiger partial charge >= 0.3 is 0 Å². The third kappa shape index (κ3) is 66.1. The first kappa shape index (κ1) is 79.7. The fourth-order valence-corrected chi connectivity index (χ4v) is 11.8. The smallest absolute Gasteiger partial charge is 0.268 e. The second-order valence-corrected chi connectivity index (χ2v) is 27.4. The van der Waals surface area contributed by atoms with Crippen molar-refractivity contribution in [2.75, 3.05) is 40.9 Å². The molecule has 0 heterocycles. The predicted molar refractivity (Wildman–Crippen MR) is 353 cm³/mol. The van der Waals surface area contributed by atoms with E-state index in [2.05, 4.69) is 55.6 Å². The molecule has 8 nitrogen and oxygen atoms in total. The zero-order valence-corrected chi connectivity index (χ0v) is 55.9. The lowest BCUT2D eigenvalue weighted by Gasteiger charge is -2.30. The maximum absolute atomic E-state index is 13.1. The van der Waals surface area contributed by atoms with Gasteiger partial charge in [-0.05, 0) is 51.4 Å². The lowest BCUT2D eigenvalue weighted by atomic mass is 10.0. The van der Waals surface area contributed by atoms with Crippen molar-refractivity contribution in [2.45, 2.75) is 379 Å². The number of carbonyl (C=O) groups is 1. The lowest BCUT2D eigenvalue weighted by Crippen LogP contribution is -2.46. The molecular weight excluding hydrogens is 1020 g/mol. The van der Waals surface area contributed by atoms with Crippen LogP contribution in [0.4, 0.5) is 0 Å². The van der Waals surface area contributed by atoms with Crippen LogP contribution < -0.4 is 10.2 Å². The summed E-state index contributed by atoms with van der Waals surface area (Å²) in [5.41, 5.74) is 0. The number of rotatable bonds is 67. The van der Waals surface area contributed by atoms with Gasteiger partial charge in [-0.25, -0.2) is 0 Å². The number of aliphatic hydroxyl groups excluding tert-OH is 1. The van der Waals surface area contributed by atoms with Crippen LogP contribution in [0.2, 0.25) is 0 Å². The molecule has 480 valence electrons. The molecule has 0 aliphatic carbocycles. The van der Waals surface area contributed by atoms with Gasteiger partial charge in [-0.3, -0.25) is 9.36 Å². The second kappa shape index (κ2) is 63.2. The van der Waals surface area contributed by atoms with E-state index < -0.39 is 20.0 Å². The van der Waals surface area contributed by atoms with E-state index in [9.17, 15) is 19.4 Å². The van der Waals surface area contributed by atoms with Crippen molar-refractivity contribution in [3.63, 3.8) is 0 Å². The maximum Gasteiger partial charge on any atom is 0.268 e. The van der Waals surface area contributed by atoms with Crippen LogP contribution in [0.3, 0.4) is 0 Å². The van der Waals surface area contributed by atoms with Crippen molar-refractivity contribution in [3.8, 4) is 0 Å². The molecule has 0 fully saturated rings. The normalized spacial score (nSPS) is 13.8. The summed E-state index contributed by atoms with van der Waals surface area (Å²) in [5, 5.41) is 14.1. The molecule has 0 saturated carbocycles. The molecule has 0 aliphatic rings. The van der Waals surface area contributed by atoms with Gasteiger partial charge in [-0.1, -0.05) is 346 Å². The quantitative estimate of drug-likeness (QED) is 0.0272. The van der Waals surface area contributed by atoms with Crippen LogP contribution in [-0.2, 0) is 18.4 Å². The first-order valence-corrected chi connectivity index (χ1v) is 37.3. The molecule has 0 rings (SSSR count). The summed E-state index contributed by atoms with van der Waals surface area (Å²) in [5.74, 6) is -0.157. The Morgan fingerprint density at radius 3 is 1.04 bits per heavy atom. The van der Waals surface area contributed by atoms with Crippen molar-refractivity contribution >= 4 is 13.7 Å². The monoisotopic (exact) mass is 1160 g/mol. The number of amides is 1. The van der Waals surface area contributed by atoms with Crippen LogP contribution in [0, 0.1) is 0 Å². The first-order chi connectivity index (χ1) is 39.5. The third-order valence-corrected chi connectivity index (χ3v) is 17.6. The Balaban J connectivity index is 3.99. The van der Waals surface area contributed by atoms with Gasteiger partial charge in [0.2, 0.25) is 5.91 Å². The highest BCUT2D eigenvalue weighted by Gasteiger charge is 2.24. The summed E-state index contributed by atoms with van der Waals surface area (Å²) in [4.78, 5) is 25.7. The molecule has 3 atom stereocenters. The number of allylic oxidation sites excluding steroid dienone is 6. The van der Waals surface area contributed by atoms with Gasteiger partial charge in [-0.2, -0.15) is 0 Å². The summed E-state index contributed by atoms with van der Waals surface area (Å²) < 4.78 is 23.6. The molecule has 0 aromatic rings. The Bertz CT molecular complexity index is 1410. The van der Waals surface area contributed by atoms with Crippen LogP contribution in [-0.4, -0.2) is 68.5 Å². The number of nitrogens with zero attached hydrogens (tertiary/aromatic N) is 1. The van der Waals surface area contributed by atoms with Crippen LogP contribution in [0.25, 0.3) is 0 Å². The van der Waals surface area contributed by atoms with Crippen molar-refractivity contribution < 1.29 is 32.9 Å². The van der Waals surface area contributed by atoms with Gasteiger partial charge in [0.15, 0.2) is 0 Å². The molecule has 0 radical (unpaired) electrons. The van der Waals surface area contributed by atoms with Crippen molar-refractivity contribution in [2.24, 2.45) is 0 Å². The topological polar surface area (TPSA) is 108 Å². The zero-order valence-electron chi connectivity index (χ0n) is 55.0. The van der Waals surface area contributed by atoms with Crippen LogP contribution >= 0.6 is 7.82 Å². The van der Waals surface area contributed by atoms with Crippen molar-refractivity contribution in [3.05, 3.63) is 36.5 Å². The fraction of sp³-hybridized carbons (Fsp3) is 0.903. The molecule has 1 amide bonds. The van der Waals surface area contributed by atoms with Gasteiger partial charge in [0.05, 0.1) is 39.9 Å². The lowest BCUT2D eigenvalue weighted by molar-refractivity contribution is -0.870. The number of hydrogen-bond donors (Lipinski definition) is 2. The van der Waals surface area contributed by atoms with Gasteiger partial charge in [0.25, 0.3) is 7.82 Å². The maximum atomic E-state index is 13.1.